The summed E-state index contributed by atoms with van der Waals surface area (Å²) in [4.78, 5) is 18.3. The number of nitrogens with zero attached hydrogens (tertiary/aromatic N) is 2. The van der Waals surface area contributed by atoms with E-state index in [4.69, 9.17) is 0 Å². The smallest absolute Gasteiger partial charge is 0.265 e. The molecule has 1 aromatic heterocycles. The average Bonchev–Trinajstić information content (AvgIpc) is 2.86. The van der Waals surface area contributed by atoms with Crippen LogP contribution in [0, 0.1) is 18.6 Å². The first kappa shape index (κ1) is 14.6. The van der Waals surface area contributed by atoms with E-state index in [9.17, 15) is 13.6 Å². The molecule has 1 atom stereocenters. The average molecular weight is 296 g/mol. The Bertz CT molecular complexity index is 642. The van der Waals surface area contributed by atoms with Crippen LogP contribution in [0.25, 0.3) is 0 Å². The first-order valence-electron chi connectivity index (χ1n) is 6.04. The molecule has 0 bridgehead atoms. The number of aromatic nitrogens is 1. The Balaban J connectivity index is 2.21. The summed E-state index contributed by atoms with van der Waals surface area (Å²) in [6.07, 6.45) is 1.52. The van der Waals surface area contributed by atoms with Crippen molar-refractivity contribution in [2.75, 3.05) is 7.05 Å². The van der Waals surface area contributed by atoms with Crippen LogP contribution in [0.5, 0.6) is 0 Å². The Hall–Kier alpha value is -1.82. The summed E-state index contributed by atoms with van der Waals surface area (Å²) in [5.41, 5.74) is 0.543. The van der Waals surface area contributed by atoms with Gasteiger partial charge in [-0.3, -0.25) is 4.79 Å². The Labute approximate surface area is 119 Å². The van der Waals surface area contributed by atoms with Crippen molar-refractivity contribution in [2.45, 2.75) is 19.9 Å². The molecular weight excluding hydrogens is 282 g/mol. The molecule has 0 aliphatic rings. The van der Waals surface area contributed by atoms with E-state index in [0.29, 0.717) is 10.4 Å². The lowest BCUT2D eigenvalue weighted by atomic mass is 10.1. The van der Waals surface area contributed by atoms with E-state index in [1.165, 1.54) is 28.5 Å². The second-order valence-electron chi connectivity index (χ2n) is 4.51. The van der Waals surface area contributed by atoms with Crippen LogP contribution in [0.3, 0.4) is 0 Å². The number of halogens is 2. The Morgan fingerprint density at radius 3 is 2.60 bits per heavy atom. The van der Waals surface area contributed by atoms with E-state index in [2.05, 4.69) is 4.98 Å². The molecule has 2 aromatic rings. The number of carbonyl (C=O) groups is 1. The van der Waals surface area contributed by atoms with Crippen molar-refractivity contribution >= 4 is 17.2 Å². The van der Waals surface area contributed by atoms with E-state index in [1.54, 1.807) is 14.0 Å². The lowest BCUT2D eigenvalue weighted by Gasteiger charge is -2.24. The van der Waals surface area contributed by atoms with Crippen LogP contribution in [0.15, 0.2) is 24.4 Å². The molecule has 1 heterocycles. The van der Waals surface area contributed by atoms with Gasteiger partial charge < -0.3 is 4.90 Å². The lowest BCUT2D eigenvalue weighted by molar-refractivity contribution is 0.0747. The molecule has 0 radical (unpaired) electrons. The molecule has 1 unspecified atom stereocenters. The highest BCUT2D eigenvalue weighted by atomic mass is 32.1. The molecule has 106 valence electrons. The topological polar surface area (TPSA) is 33.2 Å². The van der Waals surface area contributed by atoms with Crippen molar-refractivity contribution in [1.82, 2.24) is 9.88 Å². The fourth-order valence-electron chi connectivity index (χ4n) is 1.81. The third-order valence-corrected chi connectivity index (χ3v) is 4.06. The summed E-state index contributed by atoms with van der Waals surface area (Å²) in [5, 5.41) is 0.808. The van der Waals surface area contributed by atoms with Crippen LogP contribution < -0.4 is 0 Å². The fraction of sp³-hybridized carbons (Fsp3) is 0.286. The van der Waals surface area contributed by atoms with Crippen molar-refractivity contribution in [3.63, 3.8) is 0 Å². The second-order valence-corrected chi connectivity index (χ2v) is 5.74. The molecule has 1 aromatic carbocycles. The summed E-state index contributed by atoms with van der Waals surface area (Å²) in [6.45, 7) is 3.58. The highest BCUT2D eigenvalue weighted by molar-refractivity contribution is 7.13. The highest BCUT2D eigenvalue weighted by Gasteiger charge is 2.21. The molecule has 0 spiro atoms. The number of aryl methyl sites for hydroxylation is 1. The molecule has 0 saturated heterocycles. The molecule has 0 saturated carbocycles. The first-order valence-corrected chi connectivity index (χ1v) is 6.86. The Kier molecular flexibility index (Phi) is 4.13. The van der Waals surface area contributed by atoms with Gasteiger partial charge in [-0.1, -0.05) is 6.07 Å². The van der Waals surface area contributed by atoms with Crippen LogP contribution in [0.2, 0.25) is 0 Å². The van der Waals surface area contributed by atoms with E-state index in [0.717, 1.165) is 17.1 Å². The number of hydrogen-bond donors (Lipinski definition) is 0. The van der Waals surface area contributed by atoms with Gasteiger partial charge in [-0.25, -0.2) is 13.8 Å². The molecule has 3 nitrogen and oxygen atoms in total. The molecule has 0 fully saturated rings. The maximum Gasteiger partial charge on any atom is 0.265 e. The number of thiazole rings is 1. The third kappa shape index (κ3) is 2.85. The zero-order valence-electron chi connectivity index (χ0n) is 11.4. The molecular formula is C14H14F2N2OS. The van der Waals surface area contributed by atoms with Crippen LogP contribution in [-0.4, -0.2) is 22.8 Å². The van der Waals surface area contributed by atoms with Gasteiger partial charge in [0, 0.05) is 7.05 Å². The van der Waals surface area contributed by atoms with Crippen molar-refractivity contribution in [2.24, 2.45) is 0 Å². The summed E-state index contributed by atoms with van der Waals surface area (Å²) in [6, 6.07) is 3.29. The third-order valence-electron chi connectivity index (χ3n) is 3.16. The summed E-state index contributed by atoms with van der Waals surface area (Å²) in [5.74, 6) is -2.00. The number of amides is 1. The number of hydrogen-bond acceptors (Lipinski definition) is 3. The standard InChI is InChI=1S/C14H14F2N2OS/c1-8(10-4-5-11(15)12(16)6-10)18(3)14(19)13-7-17-9(2)20-13/h4-8H,1-3H3. The minimum atomic E-state index is -0.913. The summed E-state index contributed by atoms with van der Waals surface area (Å²) < 4.78 is 26.2. The quantitative estimate of drug-likeness (QED) is 0.867. The number of benzene rings is 1. The minimum absolute atomic E-state index is 0.187. The van der Waals surface area contributed by atoms with Crippen LogP contribution >= 0.6 is 11.3 Å². The second kappa shape index (κ2) is 5.66. The van der Waals surface area contributed by atoms with Crippen LogP contribution in [0.4, 0.5) is 8.78 Å². The van der Waals surface area contributed by atoms with E-state index in [1.807, 2.05) is 6.92 Å². The summed E-state index contributed by atoms with van der Waals surface area (Å²) >= 11 is 1.31. The van der Waals surface area contributed by atoms with Gasteiger partial charge in [-0.05, 0) is 31.5 Å². The van der Waals surface area contributed by atoms with E-state index in [-0.39, 0.29) is 11.9 Å². The van der Waals surface area contributed by atoms with Gasteiger partial charge in [-0.15, -0.1) is 11.3 Å². The van der Waals surface area contributed by atoms with Gasteiger partial charge >= 0.3 is 0 Å². The van der Waals surface area contributed by atoms with E-state index < -0.39 is 11.6 Å². The molecule has 1 amide bonds. The van der Waals surface area contributed by atoms with Gasteiger partial charge in [0.1, 0.15) is 4.88 Å². The van der Waals surface area contributed by atoms with Gasteiger partial charge in [0.25, 0.3) is 5.91 Å². The monoisotopic (exact) mass is 296 g/mol. The van der Waals surface area contributed by atoms with Crippen molar-refractivity contribution < 1.29 is 13.6 Å². The number of carbonyl (C=O) groups excluding carboxylic acids is 1. The fourth-order valence-corrected chi connectivity index (χ4v) is 2.57. The van der Waals surface area contributed by atoms with Gasteiger partial charge in [-0.2, -0.15) is 0 Å². The number of rotatable bonds is 3. The van der Waals surface area contributed by atoms with Crippen molar-refractivity contribution in [3.8, 4) is 0 Å². The normalized spacial score (nSPS) is 12.2. The van der Waals surface area contributed by atoms with Crippen molar-refractivity contribution in [3.05, 3.63) is 51.5 Å². The predicted octanol–water partition coefficient (Wildman–Crippen LogP) is 3.56. The Morgan fingerprint density at radius 2 is 2.05 bits per heavy atom. The zero-order chi connectivity index (χ0) is 14.9. The molecule has 0 aliphatic heterocycles. The molecule has 2 rings (SSSR count). The minimum Gasteiger partial charge on any atom is -0.334 e. The SMILES string of the molecule is Cc1ncc(C(=O)N(C)C(C)c2ccc(F)c(F)c2)s1. The van der Waals surface area contributed by atoms with Crippen LogP contribution in [-0.2, 0) is 0 Å². The maximum absolute atomic E-state index is 13.2. The maximum atomic E-state index is 13.2. The largest absolute Gasteiger partial charge is 0.334 e. The van der Waals surface area contributed by atoms with Crippen LogP contribution in [0.1, 0.15) is 33.2 Å². The van der Waals surface area contributed by atoms with Crippen molar-refractivity contribution in [1.29, 1.82) is 0 Å². The molecule has 0 N–H and O–H groups in total. The molecule has 20 heavy (non-hydrogen) atoms. The zero-order valence-corrected chi connectivity index (χ0v) is 12.2. The predicted molar refractivity (Wildman–Crippen MR) is 73.7 cm³/mol. The molecule has 6 heteroatoms. The first-order chi connectivity index (χ1) is 9.40. The van der Waals surface area contributed by atoms with E-state index >= 15 is 0 Å². The molecule has 0 aliphatic carbocycles. The van der Waals surface area contributed by atoms with Gasteiger partial charge in [0.2, 0.25) is 0 Å². The van der Waals surface area contributed by atoms with Gasteiger partial charge in [0.15, 0.2) is 11.6 Å². The summed E-state index contributed by atoms with van der Waals surface area (Å²) in [7, 11) is 1.63. The lowest BCUT2D eigenvalue weighted by Crippen LogP contribution is -2.29. The Morgan fingerprint density at radius 1 is 1.35 bits per heavy atom. The highest BCUT2D eigenvalue weighted by Crippen LogP contribution is 2.24. The van der Waals surface area contributed by atoms with Gasteiger partial charge in [0.05, 0.1) is 17.2 Å².